The van der Waals surface area contributed by atoms with Gasteiger partial charge in [0.2, 0.25) is 11.8 Å². The molecule has 0 saturated heterocycles. The van der Waals surface area contributed by atoms with Crippen LogP contribution in [-0.4, -0.2) is 28.3 Å². The first-order chi connectivity index (χ1) is 8.29. The highest BCUT2D eigenvalue weighted by Gasteiger charge is 2.08. The van der Waals surface area contributed by atoms with E-state index in [-0.39, 0.29) is 0 Å². The van der Waals surface area contributed by atoms with Crippen molar-refractivity contribution in [3.63, 3.8) is 0 Å². The Morgan fingerprint density at radius 3 is 2.94 bits per heavy atom. The number of nitrogens with zero attached hydrogens (tertiary/aromatic N) is 3. The summed E-state index contributed by atoms with van der Waals surface area (Å²) in [5, 5.41) is 11.2. The topological polar surface area (TPSA) is 63.8 Å². The average Bonchev–Trinajstić information content (AvgIpc) is 2.78. The van der Waals surface area contributed by atoms with E-state index in [9.17, 15) is 0 Å². The number of hydrogen-bond acceptors (Lipinski definition) is 5. The third-order valence-corrected chi connectivity index (χ3v) is 2.35. The molecule has 17 heavy (non-hydrogen) atoms. The molecule has 0 aliphatic heterocycles. The molecule has 0 atom stereocenters. The summed E-state index contributed by atoms with van der Waals surface area (Å²) in [7, 11) is 0. The average molecular weight is 232 g/mol. The molecule has 0 amide bonds. The van der Waals surface area contributed by atoms with Gasteiger partial charge < -0.3 is 9.73 Å². The van der Waals surface area contributed by atoms with Crippen LogP contribution in [0, 0.1) is 6.92 Å². The predicted octanol–water partition coefficient (Wildman–Crippen LogP) is 1.59. The van der Waals surface area contributed by atoms with Gasteiger partial charge in [0.1, 0.15) is 0 Å². The van der Waals surface area contributed by atoms with E-state index in [0.29, 0.717) is 11.8 Å². The minimum absolute atomic E-state index is 0.535. The van der Waals surface area contributed by atoms with Gasteiger partial charge in [0.15, 0.2) is 0 Å². The molecule has 0 radical (unpaired) electrons. The maximum atomic E-state index is 5.57. The Kier molecular flexibility index (Phi) is 3.82. The minimum Gasteiger partial charge on any atom is -0.421 e. The van der Waals surface area contributed by atoms with Crippen LogP contribution in [0.3, 0.4) is 0 Å². The minimum atomic E-state index is 0.535. The van der Waals surface area contributed by atoms with E-state index in [0.717, 1.165) is 30.6 Å². The second-order valence-corrected chi connectivity index (χ2v) is 3.86. The van der Waals surface area contributed by atoms with Crippen molar-refractivity contribution >= 4 is 0 Å². The van der Waals surface area contributed by atoms with Crippen molar-refractivity contribution < 1.29 is 4.42 Å². The van der Waals surface area contributed by atoms with Gasteiger partial charge in [0.25, 0.3) is 0 Å². The quantitative estimate of drug-likeness (QED) is 0.793. The molecule has 0 bridgehead atoms. The van der Waals surface area contributed by atoms with E-state index in [4.69, 9.17) is 4.42 Å². The molecule has 0 spiro atoms. The Hall–Kier alpha value is -1.75. The summed E-state index contributed by atoms with van der Waals surface area (Å²) in [6, 6.07) is 1.98. The highest BCUT2D eigenvalue weighted by atomic mass is 16.4. The van der Waals surface area contributed by atoms with Gasteiger partial charge in [-0.05, 0) is 25.1 Å². The van der Waals surface area contributed by atoms with Crippen molar-refractivity contribution in [3.8, 4) is 11.5 Å². The fourth-order valence-electron chi connectivity index (χ4n) is 1.52. The zero-order valence-electron chi connectivity index (χ0n) is 10.1. The lowest BCUT2D eigenvalue weighted by Gasteiger charge is -1.97. The largest absolute Gasteiger partial charge is 0.421 e. The molecule has 2 rings (SSSR count). The van der Waals surface area contributed by atoms with E-state index in [1.807, 2.05) is 13.0 Å². The number of aromatic nitrogens is 3. The van der Waals surface area contributed by atoms with Crippen LogP contribution in [0.25, 0.3) is 11.5 Å². The van der Waals surface area contributed by atoms with Crippen molar-refractivity contribution in [2.45, 2.75) is 20.3 Å². The summed E-state index contributed by atoms with van der Waals surface area (Å²) < 4.78 is 5.57. The standard InChI is InChI=1S/C12H16N4O/c1-3-13-5-4-11-15-16-12(17-11)10-6-9(2)7-14-8-10/h6-8,13H,3-5H2,1-2H3. The number of rotatable bonds is 5. The Balaban J connectivity index is 2.07. The Bertz CT molecular complexity index is 481. The summed E-state index contributed by atoms with van der Waals surface area (Å²) in [6.45, 7) is 5.85. The number of aryl methyl sites for hydroxylation is 1. The SMILES string of the molecule is CCNCCc1nnc(-c2cncc(C)c2)o1. The van der Waals surface area contributed by atoms with Crippen LogP contribution in [0.2, 0.25) is 0 Å². The highest BCUT2D eigenvalue weighted by Crippen LogP contribution is 2.17. The number of likely N-dealkylation sites (N-methyl/N-ethyl adjacent to an activating group) is 1. The number of pyridine rings is 1. The molecular formula is C12H16N4O. The first-order valence-corrected chi connectivity index (χ1v) is 5.74. The number of nitrogens with one attached hydrogen (secondary N) is 1. The van der Waals surface area contributed by atoms with Gasteiger partial charge in [-0.3, -0.25) is 4.98 Å². The van der Waals surface area contributed by atoms with Gasteiger partial charge in [0.05, 0.1) is 5.56 Å². The molecule has 2 aromatic heterocycles. The lowest BCUT2D eigenvalue weighted by atomic mass is 10.2. The van der Waals surface area contributed by atoms with Crippen molar-refractivity contribution in [2.75, 3.05) is 13.1 Å². The zero-order chi connectivity index (χ0) is 12.1. The molecule has 0 unspecified atom stereocenters. The molecule has 0 aliphatic rings. The molecular weight excluding hydrogens is 216 g/mol. The summed E-state index contributed by atoms with van der Waals surface area (Å²) in [6.07, 6.45) is 4.28. The fourth-order valence-corrected chi connectivity index (χ4v) is 1.52. The molecule has 0 saturated carbocycles. The Morgan fingerprint density at radius 2 is 2.18 bits per heavy atom. The van der Waals surface area contributed by atoms with Gasteiger partial charge in [0, 0.05) is 25.4 Å². The maximum absolute atomic E-state index is 5.57. The van der Waals surface area contributed by atoms with Gasteiger partial charge in [-0.1, -0.05) is 6.92 Å². The second-order valence-electron chi connectivity index (χ2n) is 3.86. The zero-order valence-corrected chi connectivity index (χ0v) is 10.1. The lowest BCUT2D eigenvalue weighted by molar-refractivity contribution is 0.496. The lowest BCUT2D eigenvalue weighted by Crippen LogP contribution is -2.16. The predicted molar refractivity (Wildman–Crippen MR) is 64.5 cm³/mol. The first kappa shape index (κ1) is 11.7. The first-order valence-electron chi connectivity index (χ1n) is 5.74. The van der Waals surface area contributed by atoms with Crippen LogP contribution in [0.4, 0.5) is 0 Å². The molecule has 0 aromatic carbocycles. The third kappa shape index (κ3) is 3.10. The van der Waals surface area contributed by atoms with Crippen molar-refractivity contribution in [2.24, 2.45) is 0 Å². The monoisotopic (exact) mass is 232 g/mol. The van der Waals surface area contributed by atoms with Crippen LogP contribution in [0.1, 0.15) is 18.4 Å². The Morgan fingerprint density at radius 1 is 1.29 bits per heavy atom. The van der Waals surface area contributed by atoms with Gasteiger partial charge in [-0.15, -0.1) is 10.2 Å². The van der Waals surface area contributed by atoms with Gasteiger partial charge >= 0.3 is 0 Å². The van der Waals surface area contributed by atoms with Crippen LogP contribution in [-0.2, 0) is 6.42 Å². The summed E-state index contributed by atoms with van der Waals surface area (Å²) >= 11 is 0. The molecule has 2 aromatic rings. The molecule has 1 N–H and O–H groups in total. The van der Waals surface area contributed by atoms with E-state index in [2.05, 4.69) is 27.4 Å². The molecule has 90 valence electrons. The molecule has 0 fully saturated rings. The molecule has 5 heteroatoms. The Labute approximate surface area is 100 Å². The normalized spacial score (nSPS) is 10.7. The fraction of sp³-hybridized carbons (Fsp3) is 0.417. The van der Waals surface area contributed by atoms with E-state index < -0.39 is 0 Å². The van der Waals surface area contributed by atoms with Crippen LogP contribution < -0.4 is 5.32 Å². The van der Waals surface area contributed by atoms with E-state index >= 15 is 0 Å². The molecule has 5 nitrogen and oxygen atoms in total. The molecule has 2 heterocycles. The van der Waals surface area contributed by atoms with Crippen molar-refractivity contribution in [1.82, 2.24) is 20.5 Å². The summed E-state index contributed by atoms with van der Waals surface area (Å²) in [5.74, 6) is 1.19. The van der Waals surface area contributed by atoms with Crippen molar-refractivity contribution in [3.05, 3.63) is 29.9 Å². The smallest absolute Gasteiger partial charge is 0.249 e. The van der Waals surface area contributed by atoms with Gasteiger partial charge in [-0.25, -0.2) is 0 Å². The van der Waals surface area contributed by atoms with Gasteiger partial charge in [-0.2, -0.15) is 0 Å². The van der Waals surface area contributed by atoms with Crippen LogP contribution >= 0.6 is 0 Å². The second kappa shape index (κ2) is 5.54. The molecule has 0 aliphatic carbocycles. The maximum Gasteiger partial charge on any atom is 0.249 e. The highest BCUT2D eigenvalue weighted by molar-refractivity contribution is 5.51. The third-order valence-electron chi connectivity index (χ3n) is 2.35. The van der Waals surface area contributed by atoms with Crippen LogP contribution in [0.15, 0.2) is 22.9 Å². The van der Waals surface area contributed by atoms with Crippen molar-refractivity contribution in [1.29, 1.82) is 0 Å². The van der Waals surface area contributed by atoms with E-state index in [1.54, 1.807) is 12.4 Å². The van der Waals surface area contributed by atoms with Crippen LogP contribution in [0.5, 0.6) is 0 Å². The summed E-state index contributed by atoms with van der Waals surface area (Å²) in [5.41, 5.74) is 1.95. The number of hydrogen-bond donors (Lipinski definition) is 1. The summed E-state index contributed by atoms with van der Waals surface area (Å²) in [4.78, 5) is 4.11. The van der Waals surface area contributed by atoms with E-state index in [1.165, 1.54) is 0 Å².